The second-order valence-corrected chi connectivity index (χ2v) is 13.6. The number of nitrogens with two attached hydrogens (primary N) is 1. The first kappa shape index (κ1) is 32.8. The first-order valence-corrected chi connectivity index (χ1v) is 14.6. The average Bonchev–Trinajstić information content (AvgIpc) is 2.86. The van der Waals surface area contributed by atoms with E-state index in [0.717, 1.165) is 19.3 Å². The van der Waals surface area contributed by atoms with Crippen molar-refractivity contribution in [1.82, 2.24) is 25.8 Å². The maximum absolute atomic E-state index is 14.0. The number of hydrogen-bond acceptors (Lipinski definition) is 7. The molecule has 232 valence electrons. The molecule has 5 amide bonds. The topological polar surface area (TPSA) is 173 Å². The number of carbonyl (C=O) groups is 5. The lowest BCUT2D eigenvalue weighted by Crippen LogP contribution is -2.62. The maximum atomic E-state index is 14.0. The molecular weight excluding hydrogens is 540 g/mol. The number of rotatable bonds is 10. The van der Waals surface area contributed by atoms with Gasteiger partial charge >= 0.3 is 6.03 Å². The van der Waals surface area contributed by atoms with Gasteiger partial charge in [0, 0.05) is 24.3 Å². The van der Waals surface area contributed by atoms with Crippen molar-refractivity contribution in [1.29, 1.82) is 0 Å². The Labute approximate surface area is 247 Å². The van der Waals surface area contributed by atoms with Crippen LogP contribution in [0.4, 0.5) is 4.79 Å². The van der Waals surface area contributed by atoms with E-state index in [1.807, 2.05) is 41.5 Å². The summed E-state index contributed by atoms with van der Waals surface area (Å²) >= 11 is 0. The molecule has 5 N–H and O–H groups in total. The number of Topliss-reactive ketones (excluding diaryl/α,β-unsaturated/α-hetero) is 1. The van der Waals surface area contributed by atoms with E-state index in [4.69, 9.17) is 10.5 Å². The summed E-state index contributed by atoms with van der Waals surface area (Å²) in [6, 6.07) is 2.80. The molecule has 1 aromatic heterocycles. The van der Waals surface area contributed by atoms with E-state index in [-0.39, 0.29) is 31.3 Å². The molecule has 12 heteroatoms. The summed E-state index contributed by atoms with van der Waals surface area (Å²) in [7, 11) is 0. The van der Waals surface area contributed by atoms with Crippen molar-refractivity contribution in [3.8, 4) is 5.88 Å². The third kappa shape index (κ3) is 9.42. The normalized spacial score (nSPS) is 20.9. The van der Waals surface area contributed by atoms with E-state index in [1.54, 1.807) is 24.4 Å². The van der Waals surface area contributed by atoms with Gasteiger partial charge in [-0.1, -0.05) is 46.1 Å². The molecule has 0 spiro atoms. The number of amides is 5. The van der Waals surface area contributed by atoms with Crippen molar-refractivity contribution in [2.45, 2.75) is 97.4 Å². The third-order valence-corrected chi connectivity index (χ3v) is 7.57. The number of aromatic nitrogens is 1. The Morgan fingerprint density at radius 2 is 1.74 bits per heavy atom. The van der Waals surface area contributed by atoms with E-state index in [0.29, 0.717) is 12.3 Å². The Kier molecular flexibility index (Phi) is 10.6. The van der Waals surface area contributed by atoms with Gasteiger partial charge in [0.2, 0.25) is 23.5 Å². The maximum Gasteiger partial charge on any atom is 0.315 e. The van der Waals surface area contributed by atoms with E-state index < -0.39 is 58.7 Å². The minimum atomic E-state index is -1.09. The van der Waals surface area contributed by atoms with Crippen LogP contribution in [0.2, 0.25) is 0 Å². The Morgan fingerprint density at radius 1 is 1.05 bits per heavy atom. The van der Waals surface area contributed by atoms with Crippen molar-refractivity contribution >= 4 is 29.5 Å². The monoisotopic (exact) mass is 586 g/mol. The molecule has 1 aliphatic carbocycles. The number of ether oxygens (including phenoxy) is 1. The van der Waals surface area contributed by atoms with Crippen LogP contribution >= 0.6 is 0 Å². The van der Waals surface area contributed by atoms with Gasteiger partial charge in [-0.25, -0.2) is 9.78 Å². The number of likely N-dealkylation sites (tertiary alicyclic amines) is 1. The van der Waals surface area contributed by atoms with Gasteiger partial charge in [-0.2, -0.15) is 0 Å². The standard InChI is InChI=1S/C30H46N6O6/c1-29(2,3)24(34-28(41)35-30(4,5)6)27(40)36-16-19(15-20(17-36)42-22-12-7-8-13-32-22)26(39)33-21(23(37)25(31)38)14-18-10-9-11-18/h7-8,12-13,18-21,24H,9-11,14-17H2,1-6H3,(H2,31,38)(H,33,39)(H2,34,35,41)/t19-,20+,21?,24+/m0/s1. The first-order chi connectivity index (χ1) is 19.5. The number of pyridine rings is 1. The van der Waals surface area contributed by atoms with Gasteiger partial charge in [-0.05, 0) is 51.0 Å². The minimum Gasteiger partial charge on any atom is -0.472 e. The molecule has 0 bridgehead atoms. The van der Waals surface area contributed by atoms with Crippen LogP contribution in [0.25, 0.3) is 0 Å². The Balaban J connectivity index is 1.84. The predicted octanol–water partition coefficient (Wildman–Crippen LogP) is 1.92. The predicted molar refractivity (Wildman–Crippen MR) is 156 cm³/mol. The highest BCUT2D eigenvalue weighted by molar-refractivity contribution is 6.37. The summed E-state index contributed by atoms with van der Waals surface area (Å²) in [4.78, 5) is 70.4. The number of ketones is 1. The molecule has 42 heavy (non-hydrogen) atoms. The lowest BCUT2D eigenvalue weighted by atomic mass is 9.80. The fraction of sp³-hybridized carbons (Fsp3) is 0.667. The summed E-state index contributed by atoms with van der Waals surface area (Å²) in [6.07, 6.45) is 4.48. The van der Waals surface area contributed by atoms with Gasteiger partial charge in [-0.3, -0.25) is 19.2 Å². The quantitative estimate of drug-likeness (QED) is 0.303. The van der Waals surface area contributed by atoms with Crippen molar-refractivity contribution < 1.29 is 28.7 Å². The molecule has 0 radical (unpaired) electrons. The van der Waals surface area contributed by atoms with Crippen molar-refractivity contribution in [3.05, 3.63) is 24.4 Å². The molecule has 12 nitrogen and oxygen atoms in total. The number of urea groups is 1. The van der Waals surface area contributed by atoms with Gasteiger partial charge in [-0.15, -0.1) is 0 Å². The molecule has 2 fully saturated rings. The largest absolute Gasteiger partial charge is 0.472 e. The molecule has 0 aromatic carbocycles. The second-order valence-electron chi connectivity index (χ2n) is 13.6. The van der Waals surface area contributed by atoms with Gasteiger partial charge in [0.25, 0.3) is 5.91 Å². The van der Waals surface area contributed by atoms with Crippen LogP contribution in [0.15, 0.2) is 24.4 Å². The zero-order valence-corrected chi connectivity index (χ0v) is 25.6. The van der Waals surface area contributed by atoms with Gasteiger partial charge in [0.1, 0.15) is 12.1 Å². The highest BCUT2D eigenvalue weighted by Crippen LogP contribution is 2.31. The van der Waals surface area contributed by atoms with Gasteiger partial charge < -0.3 is 31.3 Å². The Hall–Kier alpha value is -3.70. The lowest BCUT2D eigenvalue weighted by Gasteiger charge is -2.41. The van der Waals surface area contributed by atoms with Crippen LogP contribution in [0.1, 0.15) is 73.6 Å². The minimum absolute atomic E-state index is 0.0444. The Bertz CT molecular complexity index is 1140. The van der Waals surface area contributed by atoms with E-state index >= 15 is 0 Å². The summed E-state index contributed by atoms with van der Waals surface area (Å²) < 4.78 is 6.08. The van der Waals surface area contributed by atoms with Crippen molar-refractivity contribution in [3.63, 3.8) is 0 Å². The molecule has 4 atom stereocenters. The molecule has 1 saturated heterocycles. The number of piperidine rings is 1. The van der Waals surface area contributed by atoms with Crippen LogP contribution in [-0.2, 0) is 19.2 Å². The van der Waals surface area contributed by atoms with E-state index in [9.17, 15) is 24.0 Å². The van der Waals surface area contributed by atoms with Crippen molar-refractivity contribution in [2.75, 3.05) is 13.1 Å². The summed E-state index contributed by atoms with van der Waals surface area (Å²) in [5, 5.41) is 8.40. The number of carbonyl (C=O) groups excluding carboxylic acids is 5. The average molecular weight is 587 g/mol. The summed E-state index contributed by atoms with van der Waals surface area (Å²) in [6.45, 7) is 11.3. The van der Waals surface area contributed by atoms with Crippen LogP contribution in [0, 0.1) is 17.3 Å². The summed E-state index contributed by atoms with van der Waals surface area (Å²) in [5.74, 6) is -2.92. The number of nitrogens with zero attached hydrogens (tertiary/aromatic N) is 2. The van der Waals surface area contributed by atoms with Crippen molar-refractivity contribution in [2.24, 2.45) is 23.0 Å². The van der Waals surface area contributed by atoms with Crippen LogP contribution < -0.4 is 26.4 Å². The van der Waals surface area contributed by atoms with Crippen LogP contribution in [-0.4, -0.2) is 76.2 Å². The Morgan fingerprint density at radius 3 is 2.26 bits per heavy atom. The fourth-order valence-corrected chi connectivity index (χ4v) is 5.19. The van der Waals surface area contributed by atoms with E-state index in [2.05, 4.69) is 20.9 Å². The van der Waals surface area contributed by atoms with E-state index in [1.165, 1.54) is 4.90 Å². The lowest BCUT2D eigenvalue weighted by molar-refractivity contribution is -0.143. The molecular formula is C30H46N6O6. The summed E-state index contributed by atoms with van der Waals surface area (Å²) in [5.41, 5.74) is 4.13. The molecule has 1 aliphatic heterocycles. The molecule has 1 saturated carbocycles. The smallest absolute Gasteiger partial charge is 0.315 e. The van der Waals surface area contributed by atoms with Crippen LogP contribution in [0.3, 0.4) is 0 Å². The molecule has 1 unspecified atom stereocenters. The zero-order valence-electron chi connectivity index (χ0n) is 25.6. The highest BCUT2D eigenvalue weighted by Gasteiger charge is 2.42. The molecule has 1 aromatic rings. The SMILES string of the molecule is CC(C)(C)NC(=O)N[C@H](C(=O)N1C[C@H](Oc2ccccn2)C[C@H](C(=O)NC(CC2CCC2)C(=O)C(N)=O)C1)C(C)(C)C. The molecule has 2 heterocycles. The number of hydrogen-bond donors (Lipinski definition) is 4. The number of primary amides is 1. The fourth-order valence-electron chi connectivity index (χ4n) is 5.19. The van der Waals surface area contributed by atoms with Crippen LogP contribution in [0.5, 0.6) is 5.88 Å². The zero-order chi connectivity index (χ0) is 31.2. The first-order valence-electron chi connectivity index (χ1n) is 14.6. The molecule has 2 aliphatic rings. The second kappa shape index (κ2) is 13.5. The molecule has 3 rings (SSSR count). The third-order valence-electron chi connectivity index (χ3n) is 7.57. The highest BCUT2D eigenvalue weighted by atomic mass is 16.5. The number of nitrogens with one attached hydrogen (secondary N) is 3. The van der Waals surface area contributed by atoms with Gasteiger partial charge in [0.05, 0.1) is 18.5 Å². The van der Waals surface area contributed by atoms with Gasteiger partial charge in [0.15, 0.2) is 0 Å².